The zero-order valence-electron chi connectivity index (χ0n) is 7.67. The van der Waals surface area contributed by atoms with E-state index in [1.165, 1.54) is 6.42 Å². The van der Waals surface area contributed by atoms with Gasteiger partial charge in [-0.25, -0.2) is 0 Å². The molecule has 0 spiro atoms. The lowest BCUT2D eigenvalue weighted by Gasteiger charge is -2.09. The summed E-state index contributed by atoms with van der Waals surface area (Å²) in [6.45, 7) is 6.85. The summed E-state index contributed by atoms with van der Waals surface area (Å²) in [6.07, 6.45) is 3.43. The lowest BCUT2D eigenvalue weighted by Crippen LogP contribution is -2.06. The average Bonchev–Trinajstić information content (AvgIpc) is 1.87. The van der Waals surface area contributed by atoms with Crippen LogP contribution in [0.25, 0.3) is 0 Å². The summed E-state index contributed by atoms with van der Waals surface area (Å²) in [7, 11) is 0. The molecule has 0 aromatic carbocycles. The first-order chi connectivity index (χ1) is 5.16. The summed E-state index contributed by atoms with van der Waals surface area (Å²) in [4.78, 5) is 9.89. The molecule has 0 heterocycles. The second kappa shape index (κ2) is 6.20. The minimum atomic E-state index is 0.0891. The molecule has 2 nitrogen and oxygen atoms in total. The Morgan fingerprint density at radius 2 is 1.91 bits per heavy atom. The number of ether oxygens (including phenoxy) is 1. The van der Waals surface area contributed by atoms with Crippen molar-refractivity contribution in [3.63, 3.8) is 0 Å². The molecular weight excluding hydrogens is 140 g/mol. The van der Waals surface area contributed by atoms with Crippen LogP contribution in [0.5, 0.6) is 0 Å². The molecule has 0 aliphatic heterocycles. The van der Waals surface area contributed by atoms with Crippen LogP contribution in [0, 0.1) is 5.92 Å². The molecule has 0 radical (unpaired) electrons. The van der Waals surface area contributed by atoms with Gasteiger partial charge in [0.25, 0.3) is 6.47 Å². The fourth-order valence-electron chi connectivity index (χ4n) is 0.976. The van der Waals surface area contributed by atoms with E-state index in [0.29, 0.717) is 6.47 Å². The Kier molecular flexibility index (Phi) is 5.90. The van der Waals surface area contributed by atoms with Crippen LogP contribution in [0.3, 0.4) is 0 Å². The summed E-state index contributed by atoms with van der Waals surface area (Å²) in [6, 6.07) is 0. The average molecular weight is 158 g/mol. The number of carbonyl (C=O) groups is 1. The van der Waals surface area contributed by atoms with Crippen LogP contribution in [0.4, 0.5) is 0 Å². The van der Waals surface area contributed by atoms with Crippen molar-refractivity contribution in [1.29, 1.82) is 0 Å². The Labute approximate surface area is 68.9 Å². The normalized spacial score (nSPS) is 13.1. The molecule has 0 aliphatic rings. The van der Waals surface area contributed by atoms with Crippen LogP contribution in [0.2, 0.25) is 0 Å². The van der Waals surface area contributed by atoms with E-state index in [-0.39, 0.29) is 6.10 Å². The Hall–Kier alpha value is -0.530. The topological polar surface area (TPSA) is 26.3 Å². The van der Waals surface area contributed by atoms with Gasteiger partial charge in [0, 0.05) is 0 Å². The third kappa shape index (κ3) is 7.37. The molecule has 0 aromatic rings. The highest BCUT2D eigenvalue weighted by Gasteiger charge is 2.01. The van der Waals surface area contributed by atoms with Crippen molar-refractivity contribution in [3.8, 4) is 0 Å². The van der Waals surface area contributed by atoms with Crippen LogP contribution < -0.4 is 0 Å². The molecule has 1 unspecified atom stereocenters. The predicted molar refractivity (Wildman–Crippen MR) is 45.3 cm³/mol. The van der Waals surface area contributed by atoms with Gasteiger partial charge in [0.05, 0.1) is 6.10 Å². The zero-order valence-corrected chi connectivity index (χ0v) is 7.67. The Morgan fingerprint density at radius 1 is 1.27 bits per heavy atom. The molecular formula is C9H18O2. The Balaban J connectivity index is 3.16. The van der Waals surface area contributed by atoms with Crippen LogP contribution in [0.15, 0.2) is 0 Å². The SMILES string of the molecule is CC(C)CCCC(C)OC=O. The van der Waals surface area contributed by atoms with Crippen LogP contribution >= 0.6 is 0 Å². The lowest BCUT2D eigenvalue weighted by molar-refractivity contribution is -0.133. The molecule has 2 heteroatoms. The maximum atomic E-state index is 9.89. The van der Waals surface area contributed by atoms with Crippen LogP contribution in [-0.2, 0) is 9.53 Å². The summed E-state index contributed by atoms with van der Waals surface area (Å²) < 4.78 is 4.74. The van der Waals surface area contributed by atoms with E-state index < -0.39 is 0 Å². The molecule has 11 heavy (non-hydrogen) atoms. The molecule has 0 saturated heterocycles. The lowest BCUT2D eigenvalue weighted by atomic mass is 10.1. The van der Waals surface area contributed by atoms with E-state index in [2.05, 4.69) is 13.8 Å². The highest BCUT2D eigenvalue weighted by atomic mass is 16.5. The van der Waals surface area contributed by atoms with E-state index in [4.69, 9.17) is 4.74 Å². The van der Waals surface area contributed by atoms with Gasteiger partial charge in [0.2, 0.25) is 0 Å². The number of carbonyl (C=O) groups excluding carboxylic acids is 1. The molecule has 0 rings (SSSR count). The maximum Gasteiger partial charge on any atom is 0.293 e. The monoisotopic (exact) mass is 158 g/mol. The second-order valence-electron chi connectivity index (χ2n) is 3.37. The van der Waals surface area contributed by atoms with Crippen molar-refractivity contribution in [2.24, 2.45) is 5.92 Å². The van der Waals surface area contributed by atoms with E-state index in [0.717, 1.165) is 18.8 Å². The molecule has 0 aromatic heterocycles. The molecule has 0 N–H and O–H groups in total. The predicted octanol–water partition coefficient (Wildman–Crippen LogP) is 2.37. The van der Waals surface area contributed by atoms with Gasteiger partial charge >= 0.3 is 0 Å². The van der Waals surface area contributed by atoms with Gasteiger partial charge in [-0.2, -0.15) is 0 Å². The quantitative estimate of drug-likeness (QED) is 0.555. The van der Waals surface area contributed by atoms with Gasteiger partial charge in [0.1, 0.15) is 0 Å². The highest BCUT2D eigenvalue weighted by molar-refractivity contribution is 5.37. The summed E-state index contributed by atoms with van der Waals surface area (Å²) in [5, 5.41) is 0. The van der Waals surface area contributed by atoms with Crippen molar-refractivity contribution >= 4 is 6.47 Å². The van der Waals surface area contributed by atoms with E-state index in [1.54, 1.807) is 0 Å². The molecule has 66 valence electrons. The van der Waals surface area contributed by atoms with Gasteiger partial charge in [-0.1, -0.05) is 20.3 Å². The molecule has 1 atom stereocenters. The number of hydrogen-bond acceptors (Lipinski definition) is 2. The first kappa shape index (κ1) is 10.5. The van der Waals surface area contributed by atoms with Crippen molar-refractivity contribution in [2.75, 3.05) is 0 Å². The minimum absolute atomic E-state index is 0.0891. The van der Waals surface area contributed by atoms with Crippen molar-refractivity contribution in [3.05, 3.63) is 0 Å². The molecule has 0 amide bonds. The first-order valence-corrected chi connectivity index (χ1v) is 4.26. The third-order valence-corrected chi connectivity index (χ3v) is 1.68. The summed E-state index contributed by atoms with van der Waals surface area (Å²) >= 11 is 0. The van der Waals surface area contributed by atoms with Crippen molar-refractivity contribution < 1.29 is 9.53 Å². The smallest absolute Gasteiger partial charge is 0.293 e. The standard InChI is InChI=1S/C9H18O2/c1-8(2)5-4-6-9(3)11-7-10/h7-9H,4-6H2,1-3H3. The van der Waals surface area contributed by atoms with E-state index >= 15 is 0 Å². The van der Waals surface area contributed by atoms with Gasteiger partial charge in [-0.3, -0.25) is 4.79 Å². The fourth-order valence-corrected chi connectivity index (χ4v) is 0.976. The van der Waals surface area contributed by atoms with Crippen molar-refractivity contribution in [1.82, 2.24) is 0 Å². The third-order valence-electron chi connectivity index (χ3n) is 1.68. The van der Waals surface area contributed by atoms with Gasteiger partial charge in [0.15, 0.2) is 0 Å². The minimum Gasteiger partial charge on any atom is -0.465 e. The largest absolute Gasteiger partial charge is 0.465 e. The first-order valence-electron chi connectivity index (χ1n) is 4.26. The molecule has 0 bridgehead atoms. The summed E-state index contributed by atoms with van der Waals surface area (Å²) in [5.41, 5.74) is 0. The summed E-state index contributed by atoms with van der Waals surface area (Å²) in [5.74, 6) is 0.749. The molecule has 0 fully saturated rings. The van der Waals surface area contributed by atoms with Crippen LogP contribution in [-0.4, -0.2) is 12.6 Å². The Bertz CT molecular complexity index is 99.7. The fraction of sp³-hybridized carbons (Fsp3) is 0.889. The van der Waals surface area contributed by atoms with Gasteiger partial charge < -0.3 is 4.74 Å². The zero-order chi connectivity index (χ0) is 8.69. The van der Waals surface area contributed by atoms with Crippen LogP contribution in [0.1, 0.15) is 40.0 Å². The number of rotatable bonds is 6. The maximum absolute atomic E-state index is 9.89. The number of hydrogen-bond donors (Lipinski definition) is 0. The van der Waals surface area contributed by atoms with Crippen molar-refractivity contribution in [2.45, 2.75) is 46.1 Å². The van der Waals surface area contributed by atoms with Gasteiger partial charge in [-0.15, -0.1) is 0 Å². The Morgan fingerprint density at radius 3 is 2.36 bits per heavy atom. The second-order valence-corrected chi connectivity index (χ2v) is 3.37. The van der Waals surface area contributed by atoms with E-state index in [9.17, 15) is 4.79 Å². The van der Waals surface area contributed by atoms with Gasteiger partial charge in [-0.05, 0) is 25.7 Å². The highest BCUT2D eigenvalue weighted by Crippen LogP contribution is 2.09. The van der Waals surface area contributed by atoms with E-state index in [1.807, 2.05) is 6.92 Å². The molecule has 0 aliphatic carbocycles. The molecule has 0 saturated carbocycles.